The number of hydrogen-bond acceptors (Lipinski definition) is 5. The number of aromatic nitrogens is 3. The number of thioether (sulfide) groups is 1. The number of hydrogen-bond donors (Lipinski definition) is 1. The lowest BCUT2D eigenvalue weighted by Crippen LogP contribution is -2.10. The van der Waals surface area contributed by atoms with Gasteiger partial charge in [-0.25, -0.2) is 0 Å². The van der Waals surface area contributed by atoms with E-state index in [0.717, 1.165) is 11.8 Å². The second-order valence-corrected chi connectivity index (χ2v) is 4.83. The predicted molar refractivity (Wildman–Crippen MR) is 64.4 cm³/mol. The van der Waals surface area contributed by atoms with Crippen molar-refractivity contribution in [1.29, 1.82) is 0 Å². The summed E-state index contributed by atoms with van der Waals surface area (Å²) >= 11 is 1.15. The molecule has 0 fully saturated rings. The van der Waals surface area contributed by atoms with Crippen molar-refractivity contribution in [2.24, 2.45) is 5.92 Å². The predicted octanol–water partition coefficient (Wildman–Crippen LogP) is 1.51. The monoisotopic (exact) mass is 259 g/mol. The van der Waals surface area contributed by atoms with Gasteiger partial charge in [-0.2, -0.15) is 0 Å². The maximum Gasteiger partial charge on any atom is 0.317 e. The van der Waals surface area contributed by atoms with Crippen molar-refractivity contribution in [3.8, 4) is 6.01 Å². The number of rotatable bonds is 7. The van der Waals surface area contributed by atoms with Crippen LogP contribution in [0.3, 0.4) is 0 Å². The van der Waals surface area contributed by atoms with Gasteiger partial charge in [0.1, 0.15) is 0 Å². The molecule has 17 heavy (non-hydrogen) atoms. The minimum Gasteiger partial charge on any atom is -0.481 e. The molecule has 0 aromatic carbocycles. The third kappa shape index (κ3) is 4.26. The summed E-state index contributed by atoms with van der Waals surface area (Å²) in [7, 11) is 0. The van der Waals surface area contributed by atoms with Gasteiger partial charge < -0.3 is 9.84 Å². The number of carboxylic acids is 1. The fourth-order valence-corrected chi connectivity index (χ4v) is 1.93. The van der Waals surface area contributed by atoms with Gasteiger partial charge in [-0.05, 0) is 12.8 Å². The van der Waals surface area contributed by atoms with E-state index in [1.807, 2.05) is 11.5 Å². The molecule has 6 nitrogen and oxygen atoms in total. The highest BCUT2D eigenvalue weighted by molar-refractivity contribution is 7.99. The minimum atomic E-state index is -0.868. The number of carbonyl (C=O) groups is 1. The SMILES string of the molecule is CCOc1nnc(SCC(=O)O)n1CC(C)C. The van der Waals surface area contributed by atoms with E-state index < -0.39 is 5.97 Å². The molecule has 1 aromatic heterocycles. The van der Waals surface area contributed by atoms with Crippen LogP contribution in [-0.4, -0.2) is 38.2 Å². The highest BCUT2D eigenvalue weighted by atomic mass is 32.2. The first-order chi connectivity index (χ1) is 8.04. The van der Waals surface area contributed by atoms with Crippen LogP contribution in [0.1, 0.15) is 20.8 Å². The van der Waals surface area contributed by atoms with Crippen molar-refractivity contribution in [2.45, 2.75) is 32.5 Å². The first kappa shape index (κ1) is 13.8. The Morgan fingerprint density at radius 2 is 2.24 bits per heavy atom. The molecule has 1 N–H and O–H groups in total. The summed E-state index contributed by atoms with van der Waals surface area (Å²) in [5.41, 5.74) is 0. The lowest BCUT2D eigenvalue weighted by atomic mass is 10.2. The highest BCUT2D eigenvalue weighted by Crippen LogP contribution is 2.22. The van der Waals surface area contributed by atoms with Gasteiger partial charge in [0.25, 0.3) is 0 Å². The summed E-state index contributed by atoms with van der Waals surface area (Å²) in [5.74, 6) is -0.482. The van der Waals surface area contributed by atoms with Crippen molar-refractivity contribution in [3.63, 3.8) is 0 Å². The molecule has 0 saturated carbocycles. The number of nitrogens with zero attached hydrogens (tertiary/aromatic N) is 3. The fourth-order valence-electron chi connectivity index (χ4n) is 1.27. The molecule has 0 spiro atoms. The van der Waals surface area contributed by atoms with Crippen molar-refractivity contribution in [3.05, 3.63) is 0 Å². The van der Waals surface area contributed by atoms with E-state index in [-0.39, 0.29) is 5.75 Å². The standard InChI is InChI=1S/C10H17N3O3S/c1-4-16-9-11-12-10(17-6-8(14)15)13(9)5-7(2)3/h7H,4-6H2,1-3H3,(H,14,15). The van der Waals surface area contributed by atoms with Crippen molar-refractivity contribution >= 4 is 17.7 Å². The van der Waals surface area contributed by atoms with Crippen LogP contribution in [0.5, 0.6) is 6.01 Å². The van der Waals surface area contributed by atoms with Crippen LogP contribution in [0.4, 0.5) is 0 Å². The lowest BCUT2D eigenvalue weighted by Gasteiger charge is -2.11. The lowest BCUT2D eigenvalue weighted by molar-refractivity contribution is -0.133. The number of ether oxygens (including phenoxy) is 1. The normalized spacial score (nSPS) is 10.8. The third-order valence-corrected chi connectivity index (χ3v) is 2.78. The average Bonchev–Trinajstić information content (AvgIpc) is 2.58. The van der Waals surface area contributed by atoms with E-state index in [9.17, 15) is 4.79 Å². The smallest absolute Gasteiger partial charge is 0.317 e. The molecule has 1 rings (SSSR count). The Balaban J connectivity index is 2.83. The molecule has 0 bridgehead atoms. The summed E-state index contributed by atoms with van der Waals surface area (Å²) < 4.78 is 7.18. The molecular formula is C10H17N3O3S. The molecule has 0 amide bonds. The Morgan fingerprint density at radius 1 is 1.53 bits per heavy atom. The van der Waals surface area contributed by atoms with Gasteiger partial charge >= 0.3 is 12.0 Å². The zero-order valence-electron chi connectivity index (χ0n) is 10.2. The van der Waals surface area contributed by atoms with E-state index in [1.54, 1.807) is 0 Å². The maximum atomic E-state index is 10.5. The van der Waals surface area contributed by atoms with Gasteiger partial charge in [-0.3, -0.25) is 9.36 Å². The summed E-state index contributed by atoms with van der Waals surface area (Å²) in [6.45, 7) is 7.24. The van der Waals surface area contributed by atoms with Crippen LogP contribution >= 0.6 is 11.8 Å². The van der Waals surface area contributed by atoms with Crippen LogP contribution in [0, 0.1) is 5.92 Å². The molecule has 0 aliphatic heterocycles. The average molecular weight is 259 g/mol. The molecule has 96 valence electrons. The Labute approximate surface area is 104 Å². The van der Waals surface area contributed by atoms with E-state index in [4.69, 9.17) is 9.84 Å². The topological polar surface area (TPSA) is 77.2 Å². The number of aliphatic carboxylic acids is 1. The fraction of sp³-hybridized carbons (Fsp3) is 0.700. The molecule has 0 saturated heterocycles. The molecule has 0 atom stereocenters. The Hall–Kier alpha value is -1.24. The molecule has 0 radical (unpaired) electrons. The van der Waals surface area contributed by atoms with Crippen LogP contribution in [-0.2, 0) is 11.3 Å². The van der Waals surface area contributed by atoms with E-state index >= 15 is 0 Å². The Kier molecular flexibility index (Phi) is 5.27. The van der Waals surface area contributed by atoms with Crippen molar-refractivity contribution < 1.29 is 14.6 Å². The molecule has 0 aliphatic carbocycles. The largest absolute Gasteiger partial charge is 0.481 e. The van der Waals surface area contributed by atoms with E-state index in [1.165, 1.54) is 0 Å². The zero-order valence-corrected chi connectivity index (χ0v) is 11.0. The summed E-state index contributed by atoms with van der Waals surface area (Å²) in [6.07, 6.45) is 0. The first-order valence-corrected chi connectivity index (χ1v) is 6.43. The van der Waals surface area contributed by atoms with Gasteiger partial charge in [0, 0.05) is 6.54 Å². The molecule has 1 aromatic rings. The molecule has 0 aliphatic rings. The second kappa shape index (κ2) is 6.48. The summed E-state index contributed by atoms with van der Waals surface area (Å²) in [5, 5.41) is 17.1. The molecule has 1 heterocycles. The van der Waals surface area contributed by atoms with Gasteiger partial charge in [-0.15, -0.1) is 5.10 Å². The van der Waals surface area contributed by atoms with Crippen molar-refractivity contribution in [1.82, 2.24) is 14.8 Å². The first-order valence-electron chi connectivity index (χ1n) is 5.45. The zero-order chi connectivity index (χ0) is 12.8. The van der Waals surface area contributed by atoms with Gasteiger partial charge in [0.2, 0.25) is 0 Å². The summed E-state index contributed by atoms with van der Waals surface area (Å²) in [6, 6.07) is 0.453. The molecular weight excluding hydrogens is 242 g/mol. The van der Waals surface area contributed by atoms with E-state index in [0.29, 0.717) is 30.2 Å². The van der Waals surface area contributed by atoms with Crippen LogP contribution in [0.2, 0.25) is 0 Å². The quantitative estimate of drug-likeness (QED) is 0.748. The Bertz CT molecular complexity index is 379. The highest BCUT2D eigenvalue weighted by Gasteiger charge is 2.15. The summed E-state index contributed by atoms with van der Waals surface area (Å²) in [4.78, 5) is 10.5. The molecule has 0 unspecified atom stereocenters. The van der Waals surface area contributed by atoms with Crippen LogP contribution in [0.25, 0.3) is 0 Å². The third-order valence-electron chi connectivity index (χ3n) is 1.83. The number of carboxylic acid groups (broad SMARTS) is 1. The Morgan fingerprint density at radius 3 is 2.76 bits per heavy atom. The van der Waals surface area contributed by atoms with Gasteiger partial charge in [0.15, 0.2) is 5.16 Å². The van der Waals surface area contributed by atoms with Gasteiger partial charge in [0.05, 0.1) is 12.4 Å². The minimum absolute atomic E-state index is 0.0254. The van der Waals surface area contributed by atoms with Crippen LogP contribution < -0.4 is 4.74 Å². The van der Waals surface area contributed by atoms with Crippen LogP contribution in [0.15, 0.2) is 5.16 Å². The molecule has 7 heteroatoms. The van der Waals surface area contributed by atoms with E-state index in [2.05, 4.69) is 24.0 Å². The second-order valence-electron chi connectivity index (χ2n) is 3.89. The van der Waals surface area contributed by atoms with Gasteiger partial charge in [-0.1, -0.05) is 30.7 Å². The maximum absolute atomic E-state index is 10.5. The van der Waals surface area contributed by atoms with Crippen molar-refractivity contribution in [2.75, 3.05) is 12.4 Å².